The van der Waals surface area contributed by atoms with Gasteiger partial charge in [-0.05, 0) is 6.42 Å². The third kappa shape index (κ3) is 3.05. The molecule has 0 saturated carbocycles. The normalized spacial score (nSPS) is 28.1. The van der Waals surface area contributed by atoms with Crippen molar-refractivity contribution < 1.29 is 33.0 Å². The third-order valence-corrected chi connectivity index (χ3v) is 1.98. The lowest BCUT2D eigenvalue weighted by Crippen LogP contribution is -2.39. The zero-order valence-corrected chi connectivity index (χ0v) is 7.57. The number of alkyl halides is 3. The largest absolute Gasteiger partial charge is 0.492 e. The second-order valence-electron chi connectivity index (χ2n) is 3.20. The van der Waals surface area contributed by atoms with Gasteiger partial charge in [0.1, 0.15) is 0 Å². The van der Waals surface area contributed by atoms with Gasteiger partial charge in [0.15, 0.2) is 0 Å². The number of halogens is 3. The number of hydrogen-bond donors (Lipinski definition) is 2. The van der Waals surface area contributed by atoms with Crippen LogP contribution in [0.25, 0.3) is 0 Å². The van der Waals surface area contributed by atoms with E-state index in [2.05, 4.69) is 4.84 Å². The van der Waals surface area contributed by atoms with E-state index in [-0.39, 0.29) is 13.0 Å². The molecule has 0 bridgehead atoms. The summed E-state index contributed by atoms with van der Waals surface area (Å²) in [4.78, 5) is 14.4. The summed E-state index contributed by atoms with van der Waals surface area (Å²) in [6, 6.07) is -0.786. The molecule has 1 aliphatic heterocycles. The van der Waals surface area contributed by atoms with E-state index in [9.17, 15) is 18.0 Å². The maximum Gasteiger partial charge on any atom is 0.492 e. The summed E-state index contributed by atoms with van der Waals surface area (Å²) < 4.78 is 35.4. The zero-order chi connectivity index (χ0) is 11.6. The van der Waals surface area contributed by atoms with Crippen molar-refractivity contribution in [3.8, 4) is 0 Å². The summed E-state index contributed by atoms with van der Waals surface area (Å²) in [6.07, 6.45) is -5.90. The number of aliphatic hydroxyl groups excluding tert-OH is 2. The van der Waals surface area contributed by atoms with Crippen molar-refractivity contribution in [3.63, 3.8) is 0 Å². The molecule has 0 aromatic carbocycles. The zero-order valence-electron chi connectivity index (χ0n) is 7.57. The molecule has 0 aliphatic carbocycles. The molecular formula is C7H10F3NO4. The average Bonchev–Trinajstić information content (AvgIpc) is 2.44. The van der Waals surface area contributed by atoms with E-state index in [4.69, 9.17) is 10.2 Å². The molecule has 1 heterocycles. The van der Waals surface area contributed by atoms with Crippen LogP contribution in [0.2, 0.25) is 0 Å². The molecule has 8 heteroatoms. The highest BCUT2D eigenvalue weighted by Crippen LogP contribution is 2.22. The van der Waals surface area contributed by atoms with Gasteiger partial charge in [-0.25, -0.2) is 4.79 Å². The summed E-state index contributed by atoms with van der Waals surface area (Å²) >= 11 is 0. The summed E-state index contributed by atoms with van der Waals surface area (Å²) in [6.45, 7) is -0.713. The highest BCUT2D eigenvalue weighted by Gasteiger charge is 2.45. The van der Waals surface area contributed by atoms with Gasteiger partial charge < -0.3 is 15.1 Å². The first-order chi connectivity index (χ1) is 6.84. The molecule has 88 valence electrons. The van der Waals surface area contributed by atoms with E-state index < -0.39 is 30.9 Å². The highest BCUT2D eigenvalue weighted by atomic mass is 19.4. The maximum atomic E-state index is 11.8. The molecule has 1 rings (SSSR count). The Morgan fingerprint density at radius 2 is 2.13 bits per heavy atom. The van der Waals surface area contributed by atoms with Gasteiger partial charge in [0.2, 0.25) is 0 Å². The summed E-state index contributed by atoms with van der Waals surface area (Å²) in [5, 5.41) is 18.5. The van der Waals surface area contributed by atoms with Crippen LogP contribution >= 0.6 is 0 Å². The van der Waals surface area contributed by atoms with Crippen molar-refractivity contribution in [2.75, 3.05) is 13.2 Å². The molecule has 1 saturated heterocycles. The molecule has 0 spiro atoms. The highest BCUT2D eigenvalue weighted by molar-refractivity contribution is 5.75. The molecule has 15 heavy (non-hydrogen) atoms. The smallest absolute Gasteiger partial charge is 0.395 e. The van der Waals surface area contributed by atoms with Crippen LogP contribution in [0.1, 0.15) is 6.42 Å². The number of nitrogens with zero attached hydrogens (tertiary/aromatic N) is 1. The van der Waals surface area contributed by atoms with Gasteiger partial charge in [-0.15, -0.1) is 5.06 Å². The Balaban J connectivity index is 2.54. The minimum Gasteiger partial charge on any atom is -0.395 e. The molecule has 1 fully saturated rings. The molecule has 0 unspecified atom stereocenters. The van der Waals surface area contributed by atoms with E-state index in [0.29, 0.717) is 5.06 Å². The minimum absolute atomic E-state index is 0.0711. The fraction of sp³-hybridized carbons (Fsp3) is 0.857. The van der Waals surface area contributed by atoms with E-state index in [1.807, 2.05) is 0 Å². The van der Waals surface area contributed by atoms with Gasteiger partial charge in [-0.3, -0.25) is 0 Å². The molecule has 5 nitrogen and oxygen atoms in total. The van der Waals surface area contributed by atoms with Gasteiger partial charge in [0, 0.05) is 0 Å². The van der Waals surface area contributed by atoms with Crippen LogP contribution in [0.15, 0.2) is 0 Å². The van der Waals surface area contributed by atoms with Gasteiger partial charge in [0.05, 0.1) is 25.3 Å². The third-order valence-electron chi connectivity index (χ3n) is 1.98. The molecule has 0 amide bonds. The molecule has 1 aliphatic rings. The number of carbonyl (C=O) groups is 1. The molecule has 0 aromatic rings. The molecular weight excluding hydrogens is 219 g/mol. The van der Waals surface area contributed by atoms with Crippen molar-refractivity contribution in [2.24, 2.45) is 0 Å². The second kappa shape index (κ2) is 4.33. The standard InChI is InChI=1S/C7H10F3NO4/c8-7(9,10)6(14)15-11-2-5(13)1-4(11)3-12/h4-5,12-13H,1-3H2/t4-,5-/m1/s1. The maximum absolute atomic E-state index is 11.8. The number of carbonyl (C=O) groups excluding carboxylic acids is 1. The Hall–Kier alpha value is -0.860. The Bertz CT molecular complexity index is 245. The summed E-state index contributed by atoms with van der Waals surface area (Å²) in [5.41, 5.74) is 0. The fourth-order valence-electron chi connectivity index (χ4n) is 1.30. The Morgan fingerprint density at radius 3 is 2.60 bits per heavy atom. The topological polar surface area (TPSA) is 70.0 Å². The number of aliphatic hydroxyl groups is 2. The van der Waals surface area contributed by atoms with Crippen molar-refractivity contribution >= 4 is 5.97 Å². The van der Waals surface area contributed by atoms with Gasteiger partial charge >= 0.3 is 12.1 Å². The Kier molecular flexibility index (Phi) is 3.53. The monoisotopic (exact) mass is 229 g/mol. The molecule has 0 aromatic heterocycles. The lowest BCUT2D eigenvalue weighted by molar-refractivity contribution is -0.243. The van der Waals surface area contributed by atoms with Crippen molar-refractivity contribution in [1.82, 2.24) is 5.06 Å². The average molecular weight is 229 g/mol. The van der Waals surface area contributed by atoms with Crippen LogP contribution < -0.4 is 0 Å². The first kappa shape index (κ1) is 12.2. The van der Waals surface area contributed by atoms with Crippen LogP contribution in [0, 0.1) is 0 Å². The van der Waals surface area contributed by atoms with Crippen LogP contribution in [0.5, 0.6) is 0 Å². The predicted molar refractivity (Wildman–Crippen MR) is 40.4 cm³/mol. The lowest BCUT2D eigenvalue weighted by Gasteiger charge is -2.21. The quantitative estimate of drug-likeness (QED) is 0.664. The van der Waals surface area contributed by atoms with Crippen LogP contribution in [0.3, 0.4) is 0 Å². The SMILES string of the molecule is O=C(ON1C[C@H](O)C[C@@H]1CO)C(F)(F)F. The van der Waals surface area contributed by atoms with E-state index >= 15 is 0 Å². The number of hydroxylamine groups is 2. The van der Waals surface area contributed by atoms with Gasteiger partial charge in [0.25, 0.3) is 0 Å². The number of β-amino-alcohol motifs (C(OH)–C–C–N with tert-alkyl or cyclic N) is 1. The summed E-state index contributed by atoms with van der Waals surface area (Å²) in [7, 11) is 0. The Labute approximate surface area is 83.0 Å². The van der Waals surface area contributed by atoms with Crippen LogP contribution in [-0.2, 0) is 9.63 Å². The van der Waals surface area contributed by atoms with E-state index in [0.717, 1.165) is 0 Å². The minimum atomic E-state index is -5.08. The van der Waals surface area contributed by atoms with E-state index in [1.54, 1.807) is 0 Å². The number of hydrogen-bond acceptors (Lipinski definition) is 5. The Morgan fingerprint density at radius 1 is 1.53 bits per heavy atom. The summed E-state index contributed by atoms with van der Waals surface area (Å²) in [5.74, 6) is -2.35. The lowest BCUT2D eigenvalue weighted by atomic mass is 10.2. The second-order valence-corrected chi connectivity index (χ2v) is 3.20. The molecule has 2 N–H and O–H groups in total. The van der Waals surface area contributed by atoms with E-state index in [1.165, 1.54) is 0 Å². The number of rotatable bonds is 2. The van der Waals surface area contributed by atoms with Gasteiger partial charge in [-0.1, -0.05) is 0 Å². The van der Waals surface area contributed by atoms with Crippen molar-refractivity contribution in [2.45, 2.75) is 24.7 Å². The molecule has 2 atom stereocenters. The first-order valence-corrected chi connectivity index (χ1v) is 4.19. The van der Waals surface area contributed by atoms with Gasteiger partial charge in [-0.2, -0.15) is 13.2 Å². The molecule has 0 radical (unpaired) electrons. The fourth-order valence-corrected chi connectivity index (χ4v) is 1.30. The van der Waals surface area contributed by atoms with Crippen LogP contribution in [0.4, 0.5) is 13.2 Å². The predicted octanol–water partition coefficient (Wildman–Crippen LogP) is -0.566. The van der Waals surface area contributed by atoms with Crippen LogP contribution in [-0.4, -0.2) is 52.7 Å². The first-order valence-electron chi connectivity index (χ1n) is 4.19. The van der Waals surface area contributed by atoms with Crippen molar-refractivity contribution in [1.29, 1.82) is 0 Å². The van der Waals surface area contributed by atoms with Crippen molar-refractivity contribution in [3.05, 3.63) is 0 Å².